The van der Waals surface area contributed by atoms with Crippen LogP contribution >= 0.6 is 11.6 Å². The third-order valence-corrected chi connectivity index (χ3v) is 3.86. The van der Waals surface area contributed by atoms with Crippen molar-refractivity contribution < 1.29 is 18.7 Å². The molecule has 0 saturated heterocycles. The Balaban J connectivity index is 2.11. The SMILES string of the molecule is CCOC(=O)Oc1cc(-c2ccc(F)c(Cl)c2)n(-c2cccc(C#N)c2)n1. The van der Waals surface area contributed by atoms with Gasteiger partial charge in [-0.15, -0.1) is 5.10 Å². The van der Waals surface area contributed by atoms with Gasteiger partial charge in [0, 0.05) is 11.6 Å². The highest BCUT2D eigenvalue weighted by molar-refractivity contribution is 6.31. The quantitative estimate of drug-likeness (QED) is 0.606. The molecule has 3 aromatic rings. The van der Waals surface area contributed by atoms with Crippen LogP contribution in [0.15, 0.2) is 48.5 Å². The second kappa shape index (κ2) is 7.89. The van der Waals surface area contributed by atoms with Gasteiger partial charge in [-0.1, -0.05) is 17.7 Å². The van der Waals surface area contributed by atoms with Crippen molar-refractivity contribution in [3.63, 3.8) is 0 Å². The third kappa shape index (κ3) is 4.07. The molecule has 0 amide bonds. The van der Waals surface area contributed by atoms with Gasteiger partial charge in [0.15, 0.2) is 0 Å². The normalized spacial score (nSPS) is 10.3. The molecule has 0 unspecified atom stereocenters. The smallest absolute Gasteiger partial charge is 0.434 e. The van der Waals surface area contributed by atoms with E-state index in [1.807, 2.05) is 0 Å². The van der Waals surface area contributed by atoms with Crippen molar-refractivity contribution in [2.45, 2.75) is 6.92 Å². The van der Waals surface area contributed by atoms with E-state index in [0.717, 1.165) is 0 Å². The van der Waals surface area contributed by atoms with E-state index < -0.39 is 12.0 Å². The number of carbonyl (C=O) groups is 1. The van der Waals surface area contributed by atoms with Crippen LogP contribution in [0.5, 0.6) is 5.88 Å². The lowest BCUT2D eigenvalue weighted by Crippen LogP contribution is -2.10. The van der Waals surface area contributed by atoms with Gasteiger partial charge in [-0.2, -0.15) is 5.26 Å². The van der Waals surface area contributed by atoms with E-state index in [4.69, 9.17) is 26.3 Å². The zero-order valence-corrected chi connectivity index (χ0v) is 14.9. The minimum atomic E-state index is -0.892. The number of rotatable bonds is 4. The summed E-state index contributed by atoms with van der Waals surface area (Å²) >= 11 is 5.89. The molecule has 2 aromatic carbocycles. The summed E-state index contributed by atoms with van der Waals surface area (Å²) in [6.45, 7) is 1.81. The molecule has 1 heterocycles. The largest absolute Gasteiger partial charge is 0.515 e. The number of nitrogens with zero attached hydrogens (tertiary/aromatic N) is 3. The number of aromatic nitrogens is 2. The van der Waals surface area contributed by atoms with Gasteiger partial charge in [0.25, 0.3) is 0 Å². The summed E-state index contributed by atoms with van der Waals surface area (Å²) in [4.78, 5) is 11.6. The molecule has 1 aromatic heterocycles. The van der Waals surface area contributed by atoms with Crippen LogP contribution in [0.4, 0.5) is 9.18 Å². The molecule has 0 atom stereocenters. The third-order valence-electron chi connectivity index (χ3n) is 3.57. The molecule has 0 aliphatic heterocycles. The Labute approximate surface area is 159 Å². The van der Waals surface area contributed by atoms with Gasteiger partial charge in [0.1, 0.15) is 5.82 Å². The van der Waals surface area contributed by atoms with Gasteiger partial charge in [0.2, 0.25) is 5.88 Å². The molecule has 0 saturated carbocycles. The van der Waals surface area contributed by atoms with Crippen molar-refractivity contribution in [1.82, 2.24) is 9.78 Å². The first-order valence-electron chi connectivity index (χ1n) is 7.92. The molecule has 0 spiro atoms. The molecule has 0 N–H and O–H groups in total. The van der Waals surface area contributed by atoms with Crippen LogP contribution in [0.25, 0.3) is 16.9 Å². The summed E-state index contributed by atoms with van der Waals surface area (Å²) in [6, 6.07) is 14.4. The van der Waals surface area contributed by atoms with Crippen LogP contribution in [0, 0.1) is 17.1 Å². The maximum absolute atomic E-state index is 13.5. The molecule has 0 aliphatic carbocycles. The van der Waals surface area contributed by atoms with E-state index in [-0.39, 0.29) is 17.5 Å². The predicted octanol–water partition coefficient (Wildman–Crippen LogP) is 4.74. The highest BCUT2D eigenvalue weighted by atomic mass is 35.5. The molecule has 27 heavy (non-hydrogen) atoms. The highest BCUT2D eigenvalue weighted by Crippen LogP contribution is 2.30. The summed E-state index contributed by atoms with van der Waals surface area (Å²) in [5.74, 6) is -0.563. The Morgan fingerprint density at radius 1 is 1.30 bits per heavy atom. The van der Waals surface area contributed by atoms with Crippen molar-refractivity contribution >= 4 is 17.8 Å². The van der Waals surface area contributed by atoms with Crippen LogP contribution in [0.1, 0.15) is 12.5 Å². The number of hydrogen-bond acceptors (Lipinski definition) is 5. The average molecular weight is 386 g/mol. The molecule has 3 rings (SSSR count). The Morgan fingerprint density at radius 2 is 2.11 bits per heavy atom. The van der Waals surface area contributed by atoms with Crippen molar-refractivity contribution in [3.05, 3.63) is 64.9 Å². The maximum Gasteiger partial charge on any atom is 0.515 e. The number of benzene rings is 2. The predicted molar refractivity (Wildman–Crippen MR) is 96.3 cm³/mol. The lowest BCUT2D eigenvalue weighted by atomic mass is 10.1. The van der Waals surface area contributed by atoms with Gasteiger partial charge < -0.3 is 9.47 Å². The molecule has 0 aliphatic rings. The minimum Gasteiger partial charge on any atom is -0.434 e. The van der Waals surface area contributed by atoms with Gasteiger partial charge in [0.05, 0.1) is 34.6 Å². The fraction of sp³-hybridized carbons (Fsp3) is 0.105. The highest BCUT2D eigenvalue weighted by Gasteiger charge is 2.17. The molecule has 8 heteroatoms. The van der Waals surface area contributed by atoms with Crippen LogP contribution in [-0.4, -0.2) is 22.5 Å². The Kier molecular flexibility index (Phi) is 5.38. The van der Waals surface area contributed by atoms with E-state index >= 15 is 0 Å². The average Bonchev–Trinajstić information content (AvgIpc) is 3.08. The number of halogens is 2. The standard InChI is InChI=1S/C19H13ClFN3O3/c1-2-26-19(25)27-18-10-17(13-6-7-16(21)15(20)9-13)24(23-18)14-5-3-4-12(8-14)11-22/h3-10H,2H2,1H3. The molecule has 0 bridgehead atoms. The molecule has 6 nitrogen and oxygen atoms in total. The first-order chi connectivity index (χ1) is 13.0. The Bertz CT molecular complexity index is 1040. The second-order valence-corrected chi connectivity index (χ2v) is 5.76. The molecular weight excluding hydrogens is 373 g/mol. The first kappa shape index (κ1) is 18.4. The number of ether oxygens (including phenoxy) is 2. The van der Waals surface area contributed by atoms with Crippen LogP contribution in [0.2, 0.25) is 5.02 Å². The van der Waals surface area contributed by atoms with Crippen LogP contribution in [0.3, 0.4) is 0 Å². The Morgan fingerprint density at radius 3 is 2.81 bits per heavy atom. The monoisotopic (exact) mass is 385 g/mol. The van der Waals surface area contributed by atoms with Gasteiger partial charge in [-0.3, -0.25) is 0 Å². The minimum absolute atomic E-state index is 0.00809. The zero-order chi connectivity index (χ0) is 19.4. The zero-order valence-electron chi connectivity index (χ0n) is 14.1. The maximum atomic E-state index is 13.5. The van der Waals surface area contributed by atoms with E-state index in [2.05, 4.69) is 11.2 Å². The van der Waals surface area contributed by atoms with Crippen molar-refractivity contribution in [2.24, 2.45) is 0 Å². The van der Waals surface area contributed by atoms with Gasteiger partial charge in [-0.25, -0.2) is 13.9 Å². The van der Waals surface area contributed by atoms with E-state index in [1.54, 1.807) is 31.2 Å². The molecule has 0 radical (unpaired) electrons. The van der Waals surface area contributed by atoms with Gasteiger partial charge in [-0.05, 0) is 43.3 Å². The lowest BCUT2D eigenvalue weighted by Gasteiger charge is -2.08. The number of nitriles is 1. The van der Waals surface area contributed by atoms with Crippen LogP contribution < -0.4 is 4.74 Å². The summed E-state index contributed by atoms with van der Waals surface area (Å²) in [5.41, 5.74) is 2.03. The summed E-state index contributed by atoms with van der Waals surface area (Å²) in [5, 5.41) is 13.3. The number of hydrogen-bond donors (Lipinski definition) is 0. The molecule has 136 valence electrons. The lowest BCUT2D eigenvalue weighted by molar-refractivity contribution is 0.102. The summed E-state index contributed by atoms with van der Waals surface area (Å²) < 4.78 is 24.8. The van der Waals surface area contributed by atoms with Crippen LogP contribution in [-0.2, 0) is 4.74 Å². The Hall–Kier alpha value is -3.37. The van der Waals surface area contributed by atoms with E-state index in [9.17, 15) is 9.18 Å². The van der Waals surface area contributed by atoms with Crippen molar-refractivity contribution in [2.75, 3.05) is 6.61 Å². The summed E-state index contributed by atoms with van der Waals surface area (Å²) in [7, 11) is 0. The fourth-order valence-electron chi connectivity index (χ4n) is 2.41. The summed E-state index contributed by atoms with van der Waals surface area (Å²) in [6.07, 6.45) is -0.892. The number of carbonyl (C=O) groups excluding carboxylic acids is 1. The van der Waals surface area contributed by atoms with E-state index in [1.165, 1.54) is 28.9 Å². The van der Waals surface area contributed by atoms with Gasteiger partial charge >= 0.3 is 6.16 Å². The second-order valence-electron chi connectivity index (χ2n) is 5.36. The van der Waals surface area contributed by atoms with Crippen molar-refractivity contribution in [1.29, 1.82) is 5.26 Å². The fourth-order valence-corrected chi connectivity index (χ4v) is 2.59. The van der Waals surface area contributed by atoms with Crippen molar-refractivity contribution in [3.8, 4) is 28.9 Å². The van der Waals surface area contributed by atoms with E-state index in [0.29, 0.717) is 22.5 Å². The topological polar surface area (TPSA) is 77.1 Å². The first-order valence-corrected chi connectivity index (χ1v) is 8.30. The molecular formula is C19H13ClFN3O3. The molecule has 0 fully saturated rings.